The fourth-order valence-corrected chi connectivity index (χ4v) is 4.88. The van der Waals surface area contributed by atoms with E-state index in [1.807, 2.05) is 6.92 Å². The predicted octanol–water partition coefficient (Wildman–Crippen LogP) is 2.21. The molecule has 1 N–H and O–H groups in total. The summed E-state index contributed by atoms with van der Waals surface area (Å²) in [5.74, 6) is 0.602. The maximum absolute atomic E-state index is 12.5. The van der Waals surface area contributed by atoms with Gasteiger partial charge in [-0.3, -0.25) is 9.03 Å². The Hall–Kier alpha value is -2.26. The van der Waals surface area contributed by atoms with Crippen LogP contribution >= 0.6 is 0 Å². The molecule has 0 radical (unpaired) electrons. The molecule has 0 spiro atoms. The first-order valence-corrected chi connectivity index (χ1v) is 11.4. The molecule has 26 heavy (non-hydrogen) atoms. The molecule has 1 heterocycles. The number of nitrogens with one attached hydrogen (secondary N) is 1. The normalized spacial score (nSPS) is 14.2. The zero-order valence-corrected chi connectivity index (χ0v) is 16.1. The Kier molecular flexibility index (Phi) is 4.85. The Bertz CT molecular complexity index is 1020. The van der Waals surface area contributed by atoms with E-state index in [1.54, 1.807) is 30.3 Å². The highest BCUT2D eigenvalue weighted by Gasteiger charge is 2.26. The summed E-state index contributed by atoms with van der Waals surface area (Å²) >= 11 is 0. The van der Waals surface area contributed by atoms with Crippen molar-refractivity contribution in [2.75, 3.05) is 28.4 Å². The number of anilines is 2. The van der Waals surface area contributed by atoms with Gasteiger partial charge in [-0.05, 0) is 61.4 Å². The zero-order chi connectivity index (χ0) is 18.9. The molecule has 3 rings (SSSR count). The fraction of sp³-hybridized carbons (Fsp3) is 0.294. The van der Waals surface area contributed by atoms with Gasteiger partial charge in [0.05, 0.1) is 23.4 Å². The summed E-state index contributed by atoms with van der Waals surface area (Å²) in [5.41, 5.74) is 1.78. The van der Waals surface area contributed by atoms with Gasteiger partial charge in [0.25, 0.3) is 10.0 Å². The van der Waals surface area contributed by atoms with Crippen LogP contribution in [0.15, 0.2) is 47.4 Å². The smallest absolute Gasteiger partial charge is 0.261 e. The monoisotopic (exact) mass is 396 g/mol. The van der Waals surface area contributed by atoms with Crippen LogP contribution in [0, 0.1) is 0 Å². The van der Waals surface area contributed by atoms with Crippen LogP contribution in [0.4, 0.5) is 11.4 Å². The third-order valence-electron chi connectivity index (χ3n) is 4.03. The number of fused-ring (bicyclic) bond motifs is 1. The van der Waals surface area contributed by atoms with Gasteiger partial charge in [-0.1, -0.05) is 0 Å². The molecule has 2 aromatic rings. The lowest BCUT2D eigenvalue weighted by atomic mass is 10.1. The molecule has 0 fully saturated rings. The van der Waals surface area contributed by atoms with Gasteiger partial charge in [0.2, 0.25) is 10.0 Å². The first kappa shape index (κ1) is 18.5. The maximum atomic E-state index is 12.5. The largest absolute Gasteiger partial charge is 0.494 e. The van der Waals surface area contributed by atoms with E-state index in [1.165, 1.54) is 16.4 Å². The van der Waals surface area contributed by atoms with Crippen LogP contribution in [-0.2, 0) is 26.5 Å². The molecule has 0 amide bonds. The molecular weight excluding hydrogens is 376 g/mol. The van der Waals surface area contributed by atoms with Crippen molar-refractivity contribution in [1.82, 2.24) is 0 Å². The van der Waals surface area contributed by atoms with Crippen LogP contribution in [0.3, 0.4) is 0 Å². The molecule has 140 valence electrons. The molecule has 0 saturated carbocycles. The van der Waals surface area contributed by atoms with Crippen molar-refractivity contribution in [3.05, 3.63) is 48.0 Å². The second kappa shape index (κ2) is 6.81. The fourth-order valence-electron chi connectivity index (χ4n) is 2.88. The number of ether oxygens (including phenoxy) is 1. The van der Waals surface area contributed by atoms with E-state index in [0.29, 0.717) is 36.7 Å². The third-order valence-corrected chi connectivity index (χ3v) is 6.61. The molecular formula is C17H20N2O5S2. The lowest BCUT2D eigenvalue weighted by molar-refractivity contribution is 0.340. The summed E-state index contributed by atoms with van der Waals surface area (Å²) in [7, 11) is -7.07. The van der Waals surface area contributed by atoms with Crippen molar-refractivity contribution in [3.63, 3.8) is 0 Å². The quantitative estimate of drug-likeness (QED) is 0.808. The average Bonchev–Trinajstić information content (AvgIpc) is 2.98. The van der Waals surface area contributed by atoms with E-state index in [2.05, 4.69) is 4.72 Å². The first-order chi connectivity index (χ1) is 12.2. The minimum Gasteiger partial charge on any atom is -0.494 e. The highest BCUT2D eigenvalue weighted by Crippen LogP contribution is 2.32. The number of sulfonamides is 2. The Morgan fingerprint density at radius 2 is 1.77 bits per heavy atom. The molecule has 7 nitrogen and oxygen atoms in total. The van der Waals surface area contributed by atoms with E-state index < -0.39 is 20.0 Å². The molecule has 2 aromatic carbocycles. The number of rotatable bonds is 6. The van der Waals surface area contributed by atoms with Gasteiger partial charge in [0.15, 0.2) is 0 Å². The van der Waals surface area contributed by atoms with E-state index >= 15 is 0 Å². The second-order valence-electron chi connectivity index (χ2n) is 5.94. The summed E-state index contributed by atoms with van der Waals surface area (Å²) in [6.07, 6.45) is 1.70. The lowest BCUT2D eigenvalue weighted by Gasteiger charge is -2.16. The van der Waals surface area contributed by atoms with Crippen LogP contribution in [0.2, 0.25) is 0 Å². The van der Waals surface area contributed by atoms with Gasteiger partial charge in [0, 0.05) is 12.2 Å². The SMILES string of the molecule is CCOc1ccc(S(=O)(=O)Nc2ccc3c(c2)CCN3S(C)(=O)=O)cc1. The molecule has 0 saturated heterocycles. The van der Waals surface area contributed by atoms with Crippen LogP contribution in [0.5, 0.6) is 5.75 Å². The predicted molar refractivity (Wildman–Crippen MR) is 101 cm³/mol. The Morgan fingerprint density at radius 3 is 2.38 bits per heavy atom. The van der Waals surface area contributed by atoms with E-state index in [0.717, 1.165) is 11.8 Å². The summed E-state index contributed by atoms with van der Waals surface area (Å²) in [6, 6.07) is 11.0. The van der Waals surface area contributed by atoms with Crippen molar-refractivity contribution in [1.29, 1.82) is 0 Å². The minimum absolute atomic E-state index is 0.124. The summed E-state index contributed by atoms with van der Waals surface area (Å²) in [5, 5.41) is 0. The van der Waals surface area contributed by atoms with E-state index in [4.69, 9.17) is 4.74 Å². The van der Waals surface area contributed by atoms with Crippen LogP contribution < -0.4 is 13.8 Å². The molecule has 1 aliphatic heterocycles. The highest BCUT2D eigenvalue weighted by atomic mass is 32.2. The minimum atomic E-state index is -3.74. The molecule has 0 unspecified atom stereocenters. The van der Waals surface area contributed by atoms with Crippen molar-refractivity contribution >= 4 is 31.4 Å². The number of benzene rings is 2. The van der Waals surface area contributed by atoms with Crippen LogP contribution in [-0.4, -0.2) is 36.2 Å². The van der Waals surface area contributed by atoms with E-state index in [9.17, 15) is 16.8 Å². The highest BCUT2D eigenvalue weighted by molar-refractivity contribution is 7.92. The van der Waals surface area contributed by atoms with Gasteiger partial charge in [-0.25, -0.2) is 16.8 Å². The van der Waals surface area contributed by atoms with Crippen LogP contribution in [0.1, 0.15) is 12.5 Å². The first-order valence-electron chi connectivity index (χ1n) is 8.07. The van der Waals surface area contributed by atoms with Gasteiger partial charge < -0.3 is 4.74 Å². The number of hydrogen-bond acceptors (Lipinski definition) is 5. The van der Waals surface area contributed by atoms with Crippen LogP contribution in [0.25, 0.3) is 0 Å². The maximum Gasteiger partial charge on any atom is 0.261 e. The molecule has 0 aliphatic carbocycles. The summed E-state index contributed by atoms with van der Waals surface area (Å²) in [4.78, 5) is 0.124. The molecule has 0 atom stereocenters. The van der Waals surface area contributed by atoms with E-state index in [-0.39, 0.29) is 4.90 Å². The van der Waals surface area contributed by atoms with Gasteiger partial charge >= 0.3 is 0 Å². The van der Waals surface area contributed by atoms with Crippen molar-refractivity contribution in [2.24, 2.45) is 0 Å². The summed E-state index contributed by atoms with van der Waals surface area (Å²) in [6.45, 7) is 2.72. The standard InChI is InChI=1S/C17H20N2O5S2/c1-3-24-15-5-7-16(8-6-15)26(22,23)18-14-4-9-17-13(12-14)10-11-19(17)25(2,20)21/h4-9,12,18H,3,10-11H2,1-2H3. The topological polar surface area (TPSA) is 92.8 Å². The molecule has 9 heteroatoms. The molecule has 0 bridgehead atoms. The molecule has 1 aliphatic rings. The zero-order valence-electron chi connectivity index (χ0n) is 14.5. The average molecular weight is 396 g/mol. The third kappa shape index (κ3) is 3.78. The van der Waals surface area contributed by atoms with Crippen molar-refractivity contribution in [2.45, 2.75) is 18.2 Å². The lowest BCUT2D eigenvalue weighted by Crippen LogP contribution is -2.27. The van der Waals surface area contributed by atoms with Gasteiger partial charge in [-0.2, -0.15) is 0 Å². The van der Waals surface area contributed by atoms with Crippen molar-refractivity contribution in [3.8, 4) is 5.75 Å². The molecule has 0 aromatic heterocycles. The van der Waals surface area contributed by atoms with Gasteiger partial charge in [-0.15, -0.1) is 0 Å². The van der Waals surface area contributed by atoms with Gasteiger partial charge in [0.1, 0.15) is 5.75 Å². The Balaban J connectivity index is 1.83. The number of hydrogen-bond donors (Lipinski definition) is 1. The van der Waals surface area contributed by atoms with Crippen molar-refractivity contribution < 1.29 is 21.6 Å². The number of nitrogens with zero attached hydrogens (tertiary/aromatic N) is 1. The summed E-state index contributed by atoms with van der Waals surface area (Å²) < 4.78 is 57.8. The Labute approximate surface area is 153 Å². The Morgan fingerprint density at radius 1 is 1.08 bits per heavy atom. The second-order valence-corrected chi connectivity index (χ2v) is 9.53.